The quantitative estimate of drug-likeness (QED) is 0.182. The van der Waals surface area contributed by atoms with Crippen LogP contribution in [0.4, 0.5) is 11.4 Å². The van der Waals surface area contributed by atoms with Crippen LogP contribution in [-0.4, -0.2) is 45.4 Å². The Morgan fingerprint density at radius 1 is 0.880 bits per heavy atom. The number of hydrogen-bond acceptors (Lipinski definition) is 6. The van der Waals surface area contributed by atoms with Crippen LogP contribution in [0.15, 0.2) is 97.1 Å². The van der Waals surface area contributed by atoms with E-state index in [-0.39, 0.29) is 42.5 Å². The zero-order valence-corrected chi connectivity index (χ0v) is 29.0. The Bertz CT molecular complexity index is 2140. The van der Waals surface area contributed by atoms with Gasteiger partial charge in [-0.1, -0.05) is 68.4 Å². The number of fused-ring (bicyclic) bond motifs is 2. The third-order valence-corrected chi connectivity index (χ3v) is 9.19. The van der Waals surface area contributed by atoms with Crippen LogP contribution in [0.3, 0.4) is 0 Å². The maximum atomic E-state index is 14.8. The Hall–Kier alpha value is -5.79. The minimum Gasteiger partial charge on any atom is -0.342 e. The lowest BCUT2D eigenvalue weighted by Gasteiger charge is -2.32. The highest BCUT2D eigenvalue weighted by Gasteiger charge is 2.43. The van der Waals surface area contributed by atoms with E-state index in [0.717, 1.165) is 10.9 Å². The number of ketones is 1. The molecule has 1 N–H and O–H groups in total. The number of anilines is 2. The lowest BCUT2D eigenvalue weighted by molar-refractivity contribution is -0.130. The fourth-order valence-corrected chi connectivity index (χ4v) is 6.20. The van der Waals surface area contributed by atoms with Gasteiger partial charge in [0, 0.05) is 22.4 Å². The van der Waals surface area contributed by atoms with Gasteiger partial charge in [-0.2, -0.15) is 10.4 Å². The average molecular weight is 689 g/mol. The zero-order chi connectivity index (χ0) is 34.8. The first-order chi connectivity index (χ1) is 23.6. The van der Waals surface area contributed by atoms with E-state index >= 15 is 0 Å². The first-order valence-electron chi connectivity index (χ1n) is 16.3. The van der Waals surface area contributed by atoms with E-state index in [1.165, 1.54) is 6.92 Å². The van der Waals surface area contributed by atoms with Crippen molar-refractivity contribution in [3.05, 3.63) is 119 Å². The van der Waals surface area contributed by atoms with Gasteiger partial charge in [0.25, 0.3) is 11.8 Å². The lowest BCUT2D eigenvalue weighted by Crippen LogP contribution is -2.58. The summed E-state index contributed by atoms with van der Waals surface area (Å²) in [5, 5.41) is 18.6. The van der Waals surface area contributed by atoms with Crippen molar-refractivity contribution < 1.29 is 19.2 Å². The number of nitrogens with one attached hydrogen (secondary N) is 1. The Morgan fingerprint density at radius 2 is 1.48 bits per heavy atom. The summed E-state index contributed by atoms with van der Waals surface area (Å²) in [6.45, 7) is 6.94. The smallest absolute Gasteiger partial charge is 0.258 e. The number of carbonyl (C=O) groups excluding carboxylic acids is 4. The second-order valence-corrected chi connectivity index (χ2v) is 12.3. The van der Waals surface area contributed by atoms with Crippen molar-refractivity contribution in [3.63, 3.8) is 0 Å². The van der Waals surface area contributed by atoms with E-state index in [2.05, 4.69) is 11.4 Å². The monoisotopic (exact) mass is 688 g/mol. The molecule has 0 bridgehead atoms. The number of para-hydroxylation sites is 4. The second kappa shape index (κ2) is 14.8. The predicted octanol–water partition coefficient (Wildman–Crippen LogP) is 6.63. The summed E-state index contributed by atoms with van der Waals surface area (Å²) in [7, 11) is 0. The molecule has 11 heteroatoms. The molecule has 10 nitrogen and oxygen atoms in total. The van der Waals surface area contributed by atoms with Crippen molar-refractivity contribution in [2.24, 2.45) is 5.92 Å². The molecule has 254 valence electrons. The second-order valence-electron chi connectivity index (χ2n) is 12.3. The number of benzene rings is 4. The molecule has 1 aliphatic heterocycles. The molecule has 5 aromatic rings. The molecule has 1 aliphatic rings. The Labute approximate surface area is 296 Å². The van der Waals surface area contributed by atoms with Gasteiger partial charge in [0.05, 0.1) is 46.4 Å². The largest absolute Gasteiger partial charge is 0.342 e. The molecule has 0 aliphatic carbocycles. The molecule has 1 aromatic heterocycles. The molecule has 4 aromatic carbocycles. The number of rotatable bonds is 8. The summed E-state index contributed by atoms with van der Waals surface area (Å²) in [5.74, 6) is -1.54. The molecular weight excluding hydrogens is 652 g/mol. The number of amides is 3. The summed E-state index contributed by atoms with van der Waals surface area (Å²) < 4.78 is 1.71. The number of hydrogen-bond donors (Lipinski definition) is 1. The normalized spacial score (nSPS) is 16.1. The van der Waals surface area contributed by atoms with Gasteiger partial charge in [0.1, 0.15) is 12.1 Å². The lowest BCUT2D eigenvalue weighted by atomic mass is 10.0. The summed E-state index contributed by atoms with van der Waals surface area (Å²) in [6.07, 6.45) is 0.573. The average Bonchev–Trinajstić information content (AvgIpc) is 3.46. The van der Waals surface area contributed by atoms with Crippen molar-refractivity contribution in [2.45, 2.75) is 52.7 Å². The summed E-state index contributed by atoms with van der Waals surface area (Å²) in [6, 6.07) is 28.7. The van der Waals surface area contributed by atoms with Crippen LogP contribution in [0.25, 0.3) is 16.6 Å². The van der Waals surface area contributed by atoms with Crippen molar-refractivity contribution in [1.29, 1.82) is 5.26 Å². The number of halogens is 1. The molecule has 2 heterocycles. The Kier molecular flexibility index (Phi) is 10.5. The summed E-state index contributed by atoms with van der Waals surface area (Å²) in [4.78, 5) is 57.5. The standard InChI is InChI=1S/C39H36N6O4.ClH/c1-5-24(2)37(47)41-36-25(3)44(38(48)28-20-18-27(19-21-28)26(4)46)35-17-11-10-16-34(35)43(39(36)49)23-31-30-13-7-9-15-33(30)45(42-31)32-14-8-6-12-29(32)22-40;/h6-21,24-25,36H,5,23H2,1-4H3,(H,41,47);1H/t24-,25+,36+;/m1./s1. The molecule has 50 heavy (non-hydrogen) atoms. The number of aromatic nitrogens is 2. The van der Waals surface area contributed by atoms with Gasteiger partial charge in [0.2, 0.25) is 5.91 Å². The first-order valence-corrected chi connectivity index (χ1v) is 16.3. The Balaban J connectivity index is 0.00000486. The molecule has 0 fully saturated rings. The number of nitrogens with zero attached hydrogens (tertiary/aromatic N) is 5. The fourth-order valence-electron chi connectivity index (χ4n) is 6.20. The topological polar surface area (TPSA) is 128 Å². The van der Waals surface area contributed by atoms with Crippen molar-refractivity contribution in [3.8, 4) is 11.8 Å². The minimum atomic E-state index is -1.10. The van der Waals surface area contributed by atoms with Gasteiger partial charge in [-0.05, 0) is 62.7 Å². The van der Waals surface area contributed by atoms with Gasteiger partial charge in [-0.3, -0.25) is 19.2 Å². The van der Waals surface area contributed by atoms with Crippen LogP contribution in [0, 0.1) is 17.2 Å². The zero-order valence-electron chi connectivity index (χ0n) is 28.2. The van der Waals surface area contributed by atoms with E-state index in [9.17, 15) is 24.4 Å². The SMILES string of the molecule is CC[C@@H](C)C(=O)N[C@@H]1C(=O)N(Cc2nn(-c3ccccc3C#N)c3ccccc23)c2ccccc2N(C(=O)c2ccc(C(C)=O)cc2)[C@H]1C.Cl. The van der Waals surface area contributed by atoms with Gasteiger partial charge < -0.3 is 15.1 Å². The van der Waals surface area contributed by atoms with Crippen LogP contribution >= 0.6 is 12.4 Å². The highest BCUT2D eigenvalue weighted by Crippen LogP contribution is 2.38. The maximum Gasteiger partial charge on any atom is 0.258 e. The van der Waals surface area contributed by atoms with Crippen molar-refractivity contribution in [2.75, 3.05) is 9.80 Å². The highest BCUT2D eigenvalue weighted by atomic mass is 35.5. The van der Waals surface area contributed by atoms with Crippen LogP contribution in [0.5, 0.6) is 0 Å². The van der Waals surface area contributed by atoms with E-state index in [1.54, 1.807) is 89.0 Å². The van der Waals surface area contributed by atoms with Crippen LogP contribution < -0.4 is 15.1 Å². The molecule has 6 rings (SSSR count). The first kappa shape index (κ1) is 35.5. The van der Waals surface area contributed by atoms with Crippen molar-refractivity contribution >= 4 is 58.2 Å². The number of nitriles is 1. The van der Waals surface area contributed by atoms with Gasteiger partial charge in [0.15, 0.2) is 5.78 Å². The predicted molar refractivity (Wildman–Crippen MR) is 195 cm³/mol. The molecule has 0 unspecified atom stereocenters. The molecule has 0 spiro atoms. The van der Waals surface area contributed by atoms with E-state index < -0.39 is 18.0 Å². The highest BCUT2D eigenvalue weighted by molar-refractivity contribution is 6.13. The molecule has 0 radical (unpaired) electrons. The molecule has 0 saturated carbocycles. The van der Waals surface area contributed by atoms with Crippen LogP contribution in [0.1, 0.15) is 66.1 Å². The van der Waals surface area contributed by atoms with Crippen LogP contribution in [-0.2, 0) is 16.1 Å². The van der Waals surface area contributed by atoms with Gasteiger partial charge in [-0.25, -0.2) is 4.68 Å². The van der Waals surface area contributed by atoms with E-state index in [1.807, 2.05) is 43.3 Å². The van der Waals surface area contributed by atoms with E-state index in [0.29, 0.717) is 45.9 Å². The number of Topliss-reactive ketones (excluding diaryl/α,β-unsaturated/α-hetero) is 1. The molecular formula is C39H37ClN6O4. The van der Waals surface area contributed by atoms with Crippen molar-refractivity contribution in [1.82, 2.24) is 15.1 Å². The third kappa shape index (κ3) is 6.48. The Morgan fingerprint density at radius 3 is 2.14 bits per heavy atom. The molecule has 0 saturated heterocycles. The fraction of sp³-hybridized carbons (Fsp3) is 0.231. The molecule has 3 atom stereocenters. The maximum absolute atomic E-state index is 14.8. The van der Waals surface area contributed by atoms with Gasteiger partial charge in [-0.15, -0.1) is 12.4 Å². The number of carbonyl (C=O) groups is 4. The molecule has 3 amide bonds. The summed E-state index contributed by atoms with van der Waals surface area (Å²) >= 11 is 0. The van der Waals surface area contributed by atoms with Crippen LogP contribution in [0.2, 0.25) is 0 Å². The van der Waals surface area contributed by atoms with E-state index in [4.69, 9.17) is 5.10 Å². The minimum absolute atomic E-state index is 0. The third-order valence-electron chi connectivity index (χ3n) is 9.19. The summed E-state index contributed by atoms with van der Waals surface area (Å²) in [5.41, 5.74) is 4.17. The van der Waals surface area contributed by atoms with Gasteiger partial charge >= 0.3 is 0 Å².